The van der Waals surface area contributed by atoms with Crippen molar-refractivity contribution in [3.05, 3.63) is 389 Å². The van der Waals surface area contributed by atoms with Gasteiger partial charge in [0.25, 0.3) is 6.67 Å². The van der Waals surface area contributed by atoms with Crippen molar-refractivity contribution in [1.82, 2.24) is 39.2 Å². The number of nitro groups is 1. The fourth-order valence-electron chi connectivity index (χ4n) is 17.3. The summed E-state index contributed by atoms with van der Waals surface area (Å²) in [6, 6.07) is 125. The Labute approximate surface area is 897 Å². The van der Waals surface area contributed by atoms with Crippen molar-refractivity contribution in [1.29, 1.82) is 0 Å². The van der Waals surface area contributed by atoms with E-state index in [0.717, 1.165) is 157 Å². The van der Waals surface area contributed by atoms with Crippen LogP contribution in [0.4, 0.5) is 13.2 Å². The molecule has 0 radical (unpaired) electrons. The average molecular weight is 2090 g/mol. The number of hydrogen-bond donors (Lipinski definition) is 0. The van der Waals surface area contributed by atoms with E-state index in [9.17, 15) is 32.9 Å². The molecule has 4 heterocycles. The van der Waals surface area contributed by atoms with E-state index in [0.29, 0.717) is 26.2 Å². The second-order valence-electron chi connectivity index (χ2n) is 37.0. The summed E-state index contributed by atoms with van der Waals surface area (Å²) in [7, 11) is 1.37. The maximum atomic E-state index is 12.1. The van der Waals surface area contributed by atoms with Gasteiger partial charge in [0.2, 0.25) is 0 Å². The van der Waals surface area contributed by atoms with Gasteiger partial charge in [0, 0.05) is 110 Å². The van der Waals surface area contributed by atoms with Crippen molar-refractivity contribution in [3.8, 4) is 0 Å². The minimum Gasteiger partial charge on any atom is -0.662 e. The highest BCUT2D eigenvalue weighted by Gasteiger charge is 2.35. The lowest BCUT2D eigenvalue weighted by Crippen LogP contribution is -2.49. The zero-order chi connectivity index (χ0) is 105. The second-order valence-corrected chi connectivity index (χ2v) is 45.1. The summed E-state index contributed by atoms with van der Waals surface area (Å²) in [5.74, 6) is 0.149. The number of carbonyl (C=O) groups excluding carboxylic acids is 2. The van der Waals surface area contributed by atoms with Crippen LogP contribution in [0.1, 0.15) is 116 Å². The molecular weight excluding hydrogens is 1920 g/mol. The normalized spacial score (nSPS) is 14.4. The van der Waals surface area contributed by atoms with Gasteiger partial charge >= 0.3 is 12.1 Å². The number of Topliss-reactive ketones (excluding diaryl/α,β-unsaturated/α-hetero) is 1. The summed E-state index contributed by atoms with van der Waals surface area (Å²) in [6.45, 7) is 39.7. The molecule has 4 fully saturated rings. The number of rotatable bonds is 43. The molecule has 148 heavy (non-hydrogen) atoms. The number of methoxy groups -OCH3 is 1. The first-order valence-electron chi connectivity index (χ1n) is 53.3. The van der Waals surface area contributed by atoms with Gasteiger partial charge in [-0.1, -0.05) is 290 Å². The van der Waals surface area contributed by atoms with Crippen LogP contribution in [-0.4, -0.2) is 266 Å². The summed E-state index contributed by atoms with van der Waals surface area (Å²) < 4.78 is 40.9. The Bertz CT molecular complexity index is 4810. The first kappa shape index (κ1) is 121. The second kappa shape index (κ2) is 73.2. The highest BCUT2D eigenvalue weighted by atomic mass is 32.2. The smallest absolute Gasteiger partial charge is 0.401 e. The Morgan fingerprint density at radius 3 is 0.716 bits per heavy atom. The Kier molecular flexibility index (Phi) is 60.1. The van der Waals surface area contributed by atoms with Crippen molar-refractivity contribution in [2.75, 3.05) is 204 Å². The van der Waals surface area contributed by atoms with Crippen LogP contribution in [0.2, 0.25) is 0 Å². The maximum absolute atomic E-state index is 12.1. The number of benzene rings is 12. The van der Waals surface area contributed by atoms with Crippen LogP contribution in [0.5, 0.6) is 0 Å². The zero-order valence-electron chi connectivity index (χ0n) is 89.2. The number of unbranched alkanes of at least 4 members (excludes halogenated alkanes) is 7. The molecule has 0 aliphatic carbocycles. The molecule has 0 atom stereocenters. The van der Waals surface area contributed by atoms with Crippen LogP contribution in [-0.2, 0) is 57.9 Å². The Hall–Kier alpha value is -10.1. The molecule has 0 unspecified atom stereocenters. The van der Waals surface area contributed by atoms with Crippen molar-refractivity contribution in [2.24, 2.45) is 0 Å². The summed E-state index contributed by atoms with van der Waals surface area (Å²) in [5.41, 5.74) is 2.61. The number of nitrogens with zero attached hydrogens (tertiary/aromatic N) is 12. The van der Waals surface area contributed by atoms with Gasteiger partial charge in [-0.25, -0.2) is 4.90 Å². The number of esters is 1. The molecule has 17 nitrogen and oxygen atoms in total. The average Bonchev–Trinajstić information content (AvgIpc) is 0.517. The third-order valence-corrected chi connectivity index (χ3v) is 34.2. The van der Waals surface area contributed by atoms with Gasteiger partial charge in [0.15, 0.2) is 58.7 Å². The molecule has 4 aliphatic heterocycles. The Balaban J connectivity index is 0.000000188. The monoisotopic (exact) mass is 2090 g/mol. The van der Waals surface area contributed by atoms with Crippen LogP contribution in [0.25, 0.3) is 16.0 Å². The molecule has 24 heteroatoms. The van der Waals surface area contributed by atoms with Gasteiger partial charge in [-0.3, -0.25) is 34.4 Å². The molecule has 0 aromatic heterocycles. The maximum Gasteiger partial charge on any atom is 0.401 e. The van der Waals surface area contributed by atoms with Crippen LogP contribution in [0.3, 0.4) is 0 Å². The lowest BCUT2D eigenvalue weighted by atomic mass is 10.2. The lowest BCUT2D eigenvalue weighted by molar-refractivity contribution is -0.504. The number of carbonyl (C=O) groups is 2. The molecule has 0 saturated carbocycles. The molecule has 4 aliphatic rings. The summed E-state index contributed by atoms with van der Waals surface area (Å²) >= 11 is 0. The number of aryl methyl sites for hydroxylation is 2. The summed E-state index contributed by atoms with van der Waals surface area (Å²) in [5, 5.41) is 23.4. The number of piperazine rings is 4. The minimum atomic E-state index is -4.05. The minimum absolute atomic E-state index is 0.00758. The fraction of sp³-hybridized carbons (Fsp3) is 0.403. The fourth-order valence-corrected chi connectivity index (χ4v) is 25.6. The van der Waals surface area contributed by atoms with Gasteiger partial charge in [0.05, 0.1) is 70.3 Å². The first-order chi connectivity index (χ1) is 72.3. The van der Waals surface area contributed by atoms with E-state index in [1.165, 1.54) is 153 Å². The first-order valence-corrected chi connectivity index (χ1v) is 58.2. The Morgan fingerprint density at radius 1 is 0.297 bits per heavy atom. The molecule has 4 saturated heterocycles. The molecule has 0 amide bonds. The van der Waals surface area contributed by atoms with Gasteiger partial charge in [0.1, 0.15) is 5.78 Å². The summed E-state index contributed by atoms with van der Waals surface area (Å²) in [4.78, 5) is 66.2. The number of alkyl halides is 3. The van der Waals surface area contributed by atoms with Crippen molar-refractivity contribution in [3.63, 3.8) is 0 Å². The molecule has 794 valence electrons. The third kappa shape index (κ3) is 48.9. The largest absolute Gasteiger partial charge is 0.662 e. The number of ether oxygens (including phenoxy) is 1. The van der Waals surface area contributed by atoms with E-state index in [1.807, 2.05) is 4.90 Å². The van der Waals surface area contributed by atoms with Crippen molar-refractivity contribution in [2.45, 2.75) is 184 Å². The summed E-state index contributed by atoms with van der Waals surface area (Å²) in [6.07, 6.45) is 9.43. The molecule has 16 rings (SSSR count). The number of halogens is 3. The highest BCUT2D eigenvalue weighted by molar-refractivity contribution is 7.98. The van der Waals surface area contributed by atoms with Gasteiger partial charge in [-0.15, -0.1) is 19.6 Å². The molecule has 0 N–H and O–H groups in total. The standard InChI is InChI=1S/2C19H17S.2C18H15S.C14H28N3O2.C14H28N3O.C12H25N4O2.C10H19F3N2/c2*1-16-12-14-19(15-13-16)20(17-8-4-2-5-9-17)18-10-6-3-7-11-18;2*1-4-10-16(11-5-1)19(17-12-6-2-7-13-17)18-14-8-3-9-15-18;1-3-15-7-5-4-6-8-16-9-11-17(12-10-16)13-14(18)19-2;1-3-15-7-5-4-6-8-16-9-11-17(12-10-16)13-14(2)18;1-2-13-6-4-3-5-7-14-8-10-15(11-9-14)12-16(17)18;1-2-3-4-14-5-7-15(8-6-14)9-10(11,12)13/h2*2-15H,1H3;2*1-15H;3-13H2,1-2H3;3-13H2,1-2H3;2-12H2,1H3;2-9H2,1H3/q4*+1;3*-1;. The molecule has 0 bridgehead atoms. The van der Waals surface area contributed by atoms with E-state index >= 15 is 0 Å². The molecule has 0 spiro atoms. The quantitative estimate of drug-likeness (QED) is 0.0117. The van der Waals surface area contributed by atoms with Crippen LogP contribution >= 0.6 is 0 Å². The van der Waals surface area contributed by atoms with Gasteiger partial charge in [-0.05, 0) is 218 Å². The number of hydrogen-bond acceptors (Lipinski definition) is 13. The lowest BCUT2D eigenvalue weighted by Gasteiger charge is -2.34. The SMILES string of the molecule is CCCCN1CCN(CC(F)(F)F)CC1.CC[N-]CCCCCN1CCN(CC(=O)OC)CC1.CC[N-]CCCCCN1CCN(CC(C)=O)CC1.CC[N-]CCCCCN1CCN(C[N+](=O)[O-])CC1.Cc1ccc([S+](c2ccccc2)c2ccccc2)cc1.Cc1ccc([S+](c2ccccc2)c2ccccc2)cc1.c1ccc([S+](c2ccccc2)c2ccccc2)cc1.c1ccc([S+](c2ccccc2)c2ccccc2)cc1. The van der Waals surface area contributed by atoms with Crippen LogP contribution in [0.15, 0.2) is 411 Å². The van der Waals surface area contributed by atoms with E-state index in [1.54, 1.807) is 6.92 Å². The molecule has 12 aromatic carbocycles. The zero-order valence-corrected chi connectivity index (χ0v) is 92.4. The highest BCUT2D eigenvalue weighted by Crippen LogP contribution is 2.36. The van der Waals surface area contributed by atoms with E-state index < -0.39 is 12.7 Å². The van der Waals surface area contributed by atoms with E-state index in [4.69, 9.17) is 0 Å². The topological polar surface area (TPSA) is 155 Å². The van der Waals surface area contributed by atoms with Gasteiger partial charge in [-0.2, -0.15) is 32.8 Å². The van der Waals surface area contributed by atoms with E-state index in [-0.39, 0.29) is 66.9 Å². The van der Waals surface area contributed by atoms with Gasteiger partial charge < -0.3 is 40.3 Å². The van der Waals surface area contributed by atoms with Crippen molar-refractivity contribution >= 4 is 55.3 Å². The van der Waals surface area contributed by atoms with E-state index in [2.05, 4.69) is 443 Å². The predicted octanol–water partition coefficient (Wildman–Crippen LogP) is 26.2. The number of ketones is 1. The molecule has 12 aromatic rings. The Morgan fingerprint density at radius 2 is 0.507 bits per heavy atom. The predicted molar refractivity (Wildman–Crippen MR) is 615 cm³/mol. The van der Waals surface area contributed by atoms with Crippen LogP contribution < -0.4 is 0 Å². The van der Waals surface area contributed by atoms with Crippen LogP contribution in [0, 0.1) is 24.0 Å². The molecular formula is C124H164F3N12O5S4+. The van der Waals surface area contributed by atoms with Crippen molar-refractivity contribution < 1.29 is 32.4 Å². The third-order valence-electron chi connectivity index (χ3n) is 25.3.